The summed E-state index contributed by atoms with van der Waals surface area (Å²) in [6.07, 6.45) is -3.97. The van der Waals surface area contributed by atoms with Crippen molar-refractivity contribution in [2.24, 2.45) is 0 Å². The Hall–Kier alpha value is -1.05. The van der Waals surface area contributed by atoms with E-state index in [2.05, 4.69) is 21.9 Å². The normalized spacial score (nSPS) is 17.0. The molecule has 0 bridgehead atoms. The number of rotatable bonds is 9. The van der Waals surface area contributed by atoms with Crippen LogP contribution in [0.1, 0.15) is 44.2 Å². The molecule has 3 nitrogen and oxygen atoms in total. The molecule has 1 aromatic rings. The predicted octanol–water partition coefficient (Wildman–Crippen LogP) is 4.87. The van der Waals surface area contributed by atoms with Crippen molar-refractivity contribution < 1.29 is 22.3 Å². The van der Waals surface area contributed by atoms with Gasteiger partial charge in [0.2, 0.25) is 0 Å². The van der Waals surface area contributed by atoms with Gasteiger partial charge in [0.15, 0.2) is 0 Å². The quantitative estimate of drug-likeness (QED) is 0.474. The van der Waals surface area contributed by atoms with Gasteiger partial charge in [-0.25, -0.2) is 0 Å². The summed E-state index contributed by atoms with van der Waals surface area (Å²) in [5.41, 5.74) is 1.01. The van der Waals surface area contributed by atoms with Gasteiger partial charge in [-0.3, -0.25) is 4.90 Å². The lowest BCUT2D eigenvalue weighted by atomic mass is 9.98. The van der Waals surface area contributed by atoms with Crippen molar-refractivity contribution in [3.05, 3.63) is 29.8 Å². The van der Waals surface area contributed by atoms with Crippen molar-refractivity contribution in [3.63, 3.8) is 0 Å². The minimum absolute atomic E-state index is 0. The van der Waals surface area contributed by atoms with E-state index >= 15 is 0 Å². The summed E-state index contributed by atoms with van der Waals surface area (Å²) < 4.78 is 54.6. The van der Waals surface area contributed by atoms with Crippen molar-refractivity contribution in [2.75, 3.05) is 26.2 Å². The lowest BCUT2D eigenvalue weighted by Gasteiger charge is -2.35. The molecule has 2 rings (SSSR count). The van der Waals surface area contributed by atoms with Gasteiger partial charge in [0, 0.05) is 32.2 Å². The highest BCUT2D eigenvalue weighted by Gasteiger charge is 2.43. The van der Waals surface area contributed by atoms with E-state index in [9.17, 15) is 17.6 Å². The number of unbranched alkanes of at least 4 members (excludes halogenated alkanes) is 2. The van der Waals surface area contributed by atoms with Crippen molar-refractivity contribution in [2.45, 2.75) is 51.2 Å². The van der Waals surface area contributed by atoms with Gasteiger partial charge in [-0.2, -0.15) is 17.6 Å². The fourth-order valence-electron chi connectivity index (χ4n) is 3.10. The van der Waals surface area contributed by atoms with Crippen LogP contribution in [0.15, 0.2) is 24.3 Å². The van der Waals surface area contributed by atoms with E-state index in [1.807, 2.05) is 0 Å². The number of benzene rings is 1. The zero-order chi connectivity index (χ0) is 18.3. The van der Waals surface area contributed by atoms with Gasteiger partial charge in [-0.15, -0.1) is 12.4 Å². The second kappa shape index (κ2) is 10.9. The van der Waals surface area contributed by atoms with Gasteiger partial charge in [0.05, 0.1) is 0 Å². The Morgan fingerprint density at radius 1 is 1.12 bits per heavy atom. The summed E-state index contributed by atoms with van der Waals surface area (Å²) in [5.74, 6) is -0.248. The van der Waals surface area contributed by atoms with Crippen LogP contribution in [0.2, 0.25) is 0 Å². The number of nitrogens with zero attached hydrogens (tertiary/aromatic N) is 1. The van der Waals surface area contributed by atoms with Crippen LogP contribution >= 0.6 is 12.4 Å². The third kappa shape index (κ3) is 6.59. The minimum Gasteiger partial charge on any atom is -0.428 e. The first-order valence-corrected chi connectivity index (χ1v) is 8.83. The van der Waals surface area contributed by atoms with Crippen molar-refractivity contribution in [1.29, 1.82) is 0 Å². The number of hydrogen-bond acceptors (Lipinski definition) is 3. The smallest absolute Gasteiger partial charge is 0.428 e. The van der Waals surface area contributed by atoms with Crippen LogP contribution in [-0.2, 0) is 0 Å². The number of hydrogen-bond donors (Lipinski definition) is 1. The van der Waals surface area contributed by atoms with Gasteiger partial charge >= 0.3 is 12.5 Å². The fraction of sp³-hybridized carbons (Fsp3) is 0.667. The largest absolute Gasteiger partial charge is 0.461 e. The molecule has 26 heavy (non-hydrogen) atoms. The van der Waals surface area contributed by atoms with Gasteiger partial charge in [0.1, 0.15) is 5.75 Å². The monoisotopic (exact) mass is 398 g/mol. The summed E-state index contributed by atoms with van der Waals surface area (Å²) in [4.78, 5) is 2.38. The molecule has 0 radical (unpaired) electrons. The van der Waals surface area contributed by atoms with E-state index in [1.165, 1.54) is 12.1 Å². The molecule has 1 heterocycles. The summed E-state index contributed by atoms with van der Waals surface area (Å²) in [5, 5.41) is 3.32. The molecule has 0 saturated carbocycles. The first-order valence-electron chi connectivity index (χ1n) is 8.83. The molecule has 0 amide bonds. The lowest BCUT2D eigenvalue weighted by molar-refractivity contribution is -0.253. The zero-order valence-corrected chi connectivity index (χ0v) is 15.7. The van der Waals surface area contributed by atoms with Gasteiger partial charge in [-0.05, 0) is 24.1 Å². The maximum absolute atomic E-state index is 13.0. The van der Waals surface area contributed by atoms with Crippen molar-refractivity contribution in [1.82, 2.24) is 10.2 Å². The molecule has 1 aliphatic heterocycles. The molecule has 1 fully saturated rings. The molecule has 150 valence electrons. The molecule has 1 aromatic carbocycles. The molecule has 0 aromatic heterocycles. The maximum atomic E-state index is 13.0. The first-order chi connectivity index (χ1) is 11.9. The van der Waals surface area contributed by atoms with Gasteiger partial charge in [-0.1, -0.05) is 38.3 Å². The summed E-state index contributed by atoms with van der Waals surface area (Å²) in [7, 11) is 0. The Bertz CT molecular complexity index is 510. The Balaban J connectivity index is 0.00000338. The molecule has 0 unspecified atom stereocenters. The molecule has 1 atom stereocenters. The number of alkyl halides is 4. The minimum atomic E-state index is -4.47. The highest BCUT2D eigenvalue weighted by molar-refractivity contribution is 5.85. The Morgan fingerprint density at radius 2 is 1.73 bits per heavy atom. The molecular formula is C18H27ClF4N2O. The van der Waals surface area contributed by atoms with E-state index in [0.717, 1.165) is 57.4 Å². The predicted molar refractivity (Wildman–Crippen MR) is 96.6 cm³/mol. The molecule has 0 spiro atoms. The summed E-state index contributed by atoms with van der Waals surface area (Å²) in [6.45, 7) is 5.85. The highest BCUT2D eigenvalue weighted by Crippen LogP contribution is 2.31. The van der Waals surface area contributed by atoms with Crippen LogP contribution in [-0.4, -0.2) is 43.6 Å². The fourth-order valence-corrected chi connectivity index (χ4v) is 3.10. The van der Waals surface area contributed by atoms with Crippen LogP contribution in [0.25, 0.3) is 0 Å². The maximum Gasteiger partial charge on any atom is 0.461 e. The Morgan fingerprint density at radius 3 is 2.27 bits per heavy atom. The topological polar surface area (TPSA) is 24.5 Å². The third-order valence-corrected chi connectivity index (χ3v) is 4.45. The summed E-state index contributed by atoms with van der Waals surface area (Å²) in [6, 6.07) is 6.31. The van der Waals surface area contributed by atoms with E-state index < -0.39 is 12.5 Å². The van der Waals surface area contributed by atoms with Gasteiger partial charge < -0.3 is 10.1 Å². The van der Waals surface area contributed by atoms with Crippen molar-refractivity contribution >= 4 is 12.4 Å². The third-order valence-electron chi connectivity index (χ3n) is 4.45. The molecule has 8 heteroatoms. The molecular weight excluding hydrogens is 372 g/mol. The van der Waals surface area contributed by atoms with E-state index in [-0.39, 0.29) is 24.2 Å². The SMILES string of the molecule is CCCCC[C@H](c1ccc(OC(F)(F)C(F)F)cc1)N1CCNCC1.Cl. The standard InChI is InChI=1S/C18H26F4N2O.ClH/c1-2-3-4-5-16(24-12-10-23-11-13-24)14-6-8-15(9-7-14)25-18(21,22)17(19)20;/h6-9,16-17,23H,2-5,10-13H2,1H3;1H/t16-;/m1./s1. The summed E-state index contributed by atoms with van der Waals surface area (Å²) >= 11 is 0. The van der Waals surface area contributed by atoms with Gasteiger partial charge in [0.25, 0.3) is 0 Å². The molecule has 1 N–H and O–H groups in total. The number of piperazine rings is 1. The highest BCUT2D eigenvalue weighted by atomic mass is 35.5. The van der Waals surface area contributed by atoms with Crippen LogP contribution in [0, 0.1) is 0 Å². The van der Waals surface area contributed by atoms with E-state index in [0.29, 0.717) is 0 Å². The number of ether oxygens (including phenoxy) is 1. The average molecular weight is 399 g/mol. The second-order valence-electron chi connectivity index (χ2n) is 6.33. The number of halogens is 5. The second-order valence-corrected chi connectivity index (χ2v) is 6.33. The lowest BCUT2D eigenvalue weighted by Crippen LogP contribution is -2.45. The van der Waals surface area contributed by atoms with Crippen LogP contribution in [0.3, 0.4) is 0 Å². The molecule has 0 aliphatic carbocycles. The van der Waals surface area contributed by atoms with Crippen LogP contribution in [0.4, 0.5) is 17.6 Å². The zero-order valence-electron chi connectivity index (χ0n) is 14.9. The first kappa shape index (κ1) is 23.0. The molecule has 1 saturated heterocycles. The Kier molecular flexibility index (Phi) is 9.68. The van der Waals surface area contributed by atoms with Crippen LogP contribution in [0.5, 0.6) is 5.75 Å². The average Bonchev–Trinajstić information content (AvgIpc) is 2.60. The van der Waals surface area contributed by atoms with E-state index in [4.69, 9.17) is 0 Å². The van der Waals surface area contributed by atoms with Crippen molar-refractivity contribution in [3.8, 4) is 5.75 Å². The Labute approximate surface area is 158 Å². The number of nitrogens with one attached hydrogen (secondary N) is 1. The molecule has 1 aliphatic rings. The van der Waals surface area contributed by atoms with Crippen LogP contribution < -0.4 is 10.1 Å². The van der Waals surface area contributed by atoms with E-state index in [1.54, 1.807) is 12.1 Å².